The lowest BCUT2D eigenvalue weighted by Gasteiger charge is -2.10. The SMILES string of the molecule is CC(=O)Nc1cccc(/C(C)=N\NC(=O)[C@H](C)Sc2ccc(C)cc2)c1. The van der Waals surface area contributed by atoms with E-state index < -0.39 is 0 Å². The molecule has 136 valence electrons. The standard InChI is InChI=1S/C20H23N3O2S/c1-13-8-10-19(11-9-13)26-15(3)20(25)23-22-14(2)17-6-5-7-18(12-17)21-16(4)24/h5-12,15H,1-4H3,(H,21,24)(H,23,25)/b22-14-/t15-/m0/s1. The Kier molecular flexibility index (Phi) is 6.97. The third-order valence-corrected chi connectivity index (χ3v) is 4.75. The van der Waals surface area contributed by atoms with E-state index in [1.165, 1.54) is 24.2 Å². The molecule has 0 heterocycles. The van der Waals surface area contributed by atoms with Crippen LogP contribution in [0.1, 0.15) is 31.9 Å². The number of aryl methyl sites for hydroxylation is 1. The van der Waals surface area contributed by atoms with Crippen LogP contribution in [0.15, 0.2) is 58.5 Å². The summed E-state index contributed by atoms with van der Waals surface area (Å²) in [6.07, 6.45) is 0. The van der Waals surface area contributed by atoms with Crippen molar-refractivity contribution in [3.8, 4) is 0 Å². The Morgan fingerprint density at radius 3 is 2.42 bits per heavy atom. The van der Waals surface area contributed by atoms with E-state index in [0.717, 1.165) is 10.5 Å². The predicted molar refractivity (Wildman–Crippen MR) is 108 cm³/mol. The zero-order valence-electron chi connectivity index (χ0n) is 15.4. The molecule has 2 rings (SSSR count). The van der Waals surface area contributed by atoms with Gasteiger partial charge in [-0.15, -0.1) is 11.8 Å². The van der Waals surface area contributed by atoms with Crippen molar-refractivity contribution in [3.05, 3.63) is 59.7 Å². The molecule has 0 unspecified atom stereocenters. The molecule has 5 nitrogen and oxygen atoms in total. The number of hydrazone groups is 1. The van der Waals surface area contributed by atoms with Crippen LogP contribution in [-0.4, -0.2) is 22.8 Å². The monoisotopic (exact) mass is 369 g/mol. The van der Waals surface area contributed by atoms with Gasteiger partial charge in [0.2, 0.25) is 5.91 Å². The summed E-state index contributed by atoms with van der Waals surface area (Å²) in [5, 5.41) is 6.65. The first-order valence-electron chi connectivity index (χ1n) is 8.30. The molecule has 2 aromatic rings. The highest BCUT2D eigenvalue weighted by molar-refractivity contribution is 8.00. The average molecular weight is 369 g/mol. The number of carbonyl (C=O) groups excluding carboxylic acids is 2. The van der Waals surface area contributed by atoms with Crippen LogP contribution in [0.4, 0.5) is 5.69 Å². The first-order chi connectivity index (χ1) is 12.3. The molecule has 0 bridgehead atoms. The van der Waals surface area contributed by atoms with Crippen molar-refractivity contribution in [3.63, 3.8) is 0 Å². The summed E-state index contributed by atoms with van der Waals surface area (Å²) in [6, 6.07) is 15.4. The number of rotatable bonds is 6. The van der Waals surface area contributed by atoms with E-state index in [0.29, 0.717) is 11.4 Å². The summed E-state index contributed by atoms with van der Waals surface area (Å²) in [5.41, 5.74) is 5.99. The van der Waals surface area contributed by atoms with Gasteiger partial charge in [0.15, 0.2) is 0 Å². The van der Waals surface area contributed by atoms with E-state index in [4.69, 9.17) is 0 Å². The van der Waals surface area contributed by atoms with Crippen molar-refractivity contribution in [2.75, 3.05) is 5.32 Å². The number of hydrogen-bond acceptors (Lipinski definition) is 4. The van der Waals surface area contributed by atoms with Gasteiger partial charge >= 0.3 is 0 Å². The van der Waals surface area contributed by atoms with Crippen LogP contribution in [0.3, 0.4) is 0 Å². The lowest BCUT2D eigenvalue weighted by molar-refractivity contribution is -0.120. The molecule has 2 aromatic carbocycles. The Morgan fingerprint density at radius 2 is 1.77 bits per heavy atom. The number of carbonyl (C=O) groups is 2. The van der Waals surface area contributed by atoms with Gasteiger partial charge < -0.3 is 5.32 Å². The average Bonchev–Trinajstić information content (AvgIpc) is 2.61. The van der Waals surface area contributed by atoms with Crippen molar-refractivity contribution in [2.45, 2.75) is 37.8 Å². The van der Waals surface area contributed by atoms with Crippen LogP contribution >= 0.6 is 11.8 Å². The number of nitrogens with one attached hydrogen (secondary N) is 2. The molecule has 0 aromatic heterocycles. The minimum atomic E-state index is -0.264. The quantitative estimate of drug-likeness (QED) is 0.460. The summed E-state index contributed by atoms with van der Waals surface area (Å²) in [6.45, 7) is 7.15. The van der Waals surface area contributed by atoms with Crippen LogP contribution in [0, 0.1) is 6.92 Å². The van der Waals surface area contributed by atoms with Gasteiger partial charge in [0.25, 0.3) is 5.91 Å². The fraction of sp³-hybridized carbons (Fsp3) is 0.250. The van der Waals surface area contributed by atoms with E-state index in [1.54, 1.807) is 6.07 Å². The molecular weight excluding hydrogens is 346 g/mol. The van der Waals surface area contributed by atoms with Gasteiger partial charge in [-0.05, 0) is 50.6 Å². The molecular formula is C20H23N3O2S. The molecule has 6 heteroatoms. The first-order valence-corrected chi connectivity index (χ1v) is 9.18. The highest BCUT2D eigenvalue weighted by Crippen LogP contribution is 2.23. The van der Waals surface area contributed by atoms with E-state index in [9.17, 15) is 9.59 Å². The number of anilines is 1. The Balaban J connectivity index is 1.97. The number of thioether (sulfide) groups is 1. The van der Waals surface area contributed by atoms with Crippen molar-refractivity contribution in [1.82, 2.24) is 5.43 Å². The fourth-order valence-electron chi connectivity index (χ4n) is 2.19. The molecule has 0 aliphatic carbocycles. The van der Waals surface area contributed by atoms with Gasteiger partial charge in [0, 0.05) is 17.5 Å². The van der Waals surface area contributed by atoms with Crippen molar-refractivity contribution in [2.24, 2.45) is 5.10 Å². The summed E-state index contributed by atoms with van der Waals surface area (Å²) >= 11 is 1.49. The van der Waals surface area contributed by atoms with Gasteiger partial charge in [-0.25, -0.2) is 5.43 Å². The van der Waals surface area contributed by atoms with Crippen LogP contribution in [0.5, 0.6) is 0 Å². The van der Waals surface area contributed by atoms with Crippen LogP contribution in [-0.2, 0) is 9.59 Å². The maximum atomic E-state index is 12.3. The highest BCUT2D eigenvalue weighted by atomic mass is 32.2. The number of amides is 2. The van der Waals surface area contributed by atoms with Crippen LogP contribution in [0.2, 0.25) is 0 Å². The summed E-state index contributed by atoms with van der Waals surface area (Å²) < 4.78 is 0. The molecule has 2 N–H and O–H groups in total. The lowest BCUT2D eigenvalue weighted by atomic mass is 10.1. The van der Waals surface area contributed by atoms with Crippen molar-refractivity contribution < 1.29 is 9.59 Å². The Bertz CT molecular complexity index is 816. The molecule has 2 amide bonds. The highest BCUT2D eigenvalue weighted by Gasteiger charge is 2.14. The zero-order chi connectivity index (χ0) is 19.1. The Morgan fingerprint density at radius 1 is 1.08 bits per heavy atom. The second-order valence-corrected chi connectivity index (χ2v) is 7.42. The molecule has 0 aliphatic rings. The first kappa shape index (κ1) is 19.7. The molecule has 0 aliphatic heterocycles. The summed E-state index contributed by atoms with van der Waals surface area (Å²) in [7, 11) is 0. The van der Waals surface area contributed by atoms with E-state index >= 15 is 0 Å². The summed E-state index contributed by atoms with van der Waals surface area (Å²) in [4.78, 5) is 24.5. The number of hydrogen-bond donors (Lipinski definition) is 2. The minimum absolute atomic E-state index is 0.132. The van der Waals surface area contributed by atoms with Gasteiger partial charge in [0.1, 0.15) is 0 Å². The van der Waals surface area contributed by atoms with Crippen molar-refractivity contribution in [1.29, 1.82) is 0 Å². The predicted octanol–water partition coefficient (Wildman–Crippen LogP) is 3.97. The zero-order valence-corrected chi connectivity index (χ0v) is 16.2. The van der Waals surface area contributed by atoms with Crippen molar-refractivity contribution >= 4 is 35.0 Å². The van der Waals surface area contributed by atoms with Gasteiger partial charge in [0.05, 0.1) is 11.0 Å². The third-order valence-electron chi connectivity index (χ3n) is 3.64. The van der Waals surface area contributed by atoms with Crippen LogP contribution < -0.4 is 10.7 Å². The molecule has 0 radical (unpaired) electrons. The smallest absolute Gasteiger partial charge is 0.253 e. The Labute approximate surface area is 158 Å². The molecule has 0 spiro atoms. The van der Waals surface area contributed by atoms with E-state index in [2.05, 4.69) is 15.8 Å². The van der Waals surface area contributed by atoms with Gasteiger partial charge in [-0.3, -0.25) is 9.59 Å². The Hall–Kier alpha value is -2.60. The number of nitrogens with zero attached hydrogens (tertiary/aromatic N) is 1. The lowest BCUT2D eigenvalue weighted by Crippen LogP contribution is -2.27. The maximum Gasteiger partial charge on any atom is 0.253 e. The minimum Gasteiger partial charge on any atom is -0.326 e. The maximum absolute atomic E-state index is 12.3. The number of benzene rings is 2. The van der Waals surface area contributed by atoms with E-state index in [-0.39, 0.29) is 17.1 Å². The second kappa shape index (κ2) is 9.20. The molecule has 26 heavy (non-hydrogen) atoms. The van der Waals surface area contributed by atoms with Gasteiger partial charge in [-0.2, -0.15) is 5.10 Å². The third kappa shape index (κ3) is 6.04. The largest absolute Gasteiger partial charge is 0.326 e. The molecule has 0 saturated carbocycles. The normalized spacial score (nSPS) is 12.4. The molecule has 1 atom stereocenters. The summed E-state index contributed by atoms with van der Waals surface area (Å²) in [5.74, 6) is -0.292. The second-order valence-electron chi connectivity index (χ2n) is 6.01. The molecule has 0 fully saturated rings. The fourth-order valence-corrected chi connectivity index (χ4v) is 3.06. The van der Waals surface area contributed by atoms with Gasteiger partial charge in [-0.1, -0.05) is 29.8 Å². The molecule has 0 saturated heterocycles. The topological polar surface area (TPSA) is 70.6 Å². The van der Waals surface area contributed by atoms with E-state index in [1.807, 2.05) is 63.2 Å². The van der Waals surface area contributed by atoms with Crippen LogP contribution in [0.25, 0.3) is 0 Å².